The average molecular weight is 264 g/mol. The summed E-state index contributed by atoms with van der Waals surface area (Å²) in [4.78, 5) is 2.41. The van der Waals surface area contributed by atoms with E-state index >= 15 is 0 Å². The van der Waals surface area contributed by atoms with E-state index in [1.165, 1.54) is 5.56 Å². The fourth-order valence-electron chi connectivity index (χ4n) is 2.19. The van der Waals surface area contributed by atoms with E-state index in [-0.39, 0.29) is 0 Å². The highest BCUT2D eigenvalue weighted by Crippen LogP contribution is 2.16. The van der Waals surface area contributed by atoms with E-state index in [9.17, 15) is 0 Å². The van der Waals surface area contributed by atoms with Crippen LogP contribution < -0.4 is 10.5 Å². The van der Waals surface area contributed by atoms with E-state index < -0.39 is 0 Å². The Labute approximate surface area is 115 Å². The van der Waals surface area contributed by atoms with Crippen LogP contribution in [0, 0.1) is 0 Å². The normalized spacial score (nSPS) is 16.5. The van der Waals surface area contributed by atoms with Gasteiger partial charge in [0.2, 0.25) is 0 Å². The summed E-state index contributed by atoms with van der Waals surface area (Å²) in [7, 11) is 0. The maximum atomic E-state index is 5.74. The molecule has 1 fully saturated rings. The second kappa shape index (κ2) is 8.15. The monoisotopic (exact) mass is 264 g/mol. The summed E-state index contributed by atoms with van der Waals surface area (Å²) in [6, 6.07) is 8.37. The first-order valence-electron chi connectivity index (χ1n) is 7.10. The largest absolute Gasteiger partial charge is 0.494 e. The van der Waals surface area contributed by atoms with E-state index in [4.69, 9.17) is 15.2 Å². The lowest BCUT2D eigenvalue weighted by molar-refractivity contribution is 0.0341. The molecule has 0 saturated carbocycles. The summed E-state index contributed by atoms with van der Waals surface area (Å²) in [6.45, 7) is 6.18. The van der Waals surface area contributed by atoms with E-state index in [2.05, 4.69) is 23.1 Å². The third-order valence-corrected chi connectivity index (χ3v) is 3.28. The zero-order valence-corrected chi connectivity index (χ0v) is 11.5. The van der Waals surface area contributed by atoms with E-state index in [1.54, 1.807) is 0 Å². The van der Waals surface area contributed by atoms with Gasteiger partial charge in [-0.1, -0.05) is 12.1 Å². The number of rotatable bonds is 7. The zero-order valence-electron chi connectivity index (χ0n) is 11.5. The molecule has 0 spiro atoms. The summed E-state index contributed by atoms with van der Waals surface area (Å²) in [5, 5.41) is 0. The molecular formula is C15H24N2O2. The maximum absolute atomic E-state index is 5.74. The van der Waals surface area contributed by atoms with E-state index in [1.807, 2.05) is 6.07 Å². The first-order chi connectivity index (χ1) is 9.38. The molecule has 0 amide bonds. The Hall–Kier alpha value is -1.10. The Kier molecular flexibility index (Phi) is 6.14. The topological polar surface area (TPSA) is 47.7 Å². The standard InChI is InChI=1S/C15H24N2O2/c16-6-1-2-9-19-15-5-3-4-14(12-15)13-17-7-10-18-11-8-17/h3-5,12H,1-2,6-11,13,16H2. The third-order valence-electron chi connectivity index (χ3n) is 3.28. The molecule has 0 atom stereocenters. The minimum Gasteiger partial charge on any atom is -0.494 e. The Morgan fingerprint density at radius 1 is 1.21 bits per heavy atom. The Bertz CT molecular complexity index is 365. The predicted molar refractivity (Wildman–Crippen MR) is 76.3 cm³/mol. The van der Waals surface area contributed by atoms with Crippen molar-refractivity contribution in [2.24, 2.45) is 5.73 Å². The van der Waals surface area contributed by atoms with Gasteiger partial charge < -0.3 is 15.2 Å². The number of benzene rings is 1. The fourth-order valence-corrected chi connectivity index (χ4v) is 2.19. The molecule has 19 heavy (non-hydrogen) atoms. The van der Waals surface area contributed by atoms with Crippen LogP contribution in [0.15, 0.2) is 24.3 Å². The number of ether oxygens (including phenoxy) is 2. The molecule has 4 heteroatoms. The van der Waals surface area contributed by atoms with Gasteiger partial charge in [-0.15, -0.1) is 0 Å². The minimum absolute atomic E-state index is 0.737. The van der Waals surface area contributed by atoms with E-state index in [0.29, 0.717) is 0 Å². The van der Waals surface area contributed by atoms with Crippen molar-refractivity contribution in [3.8, 4) is 5.75 Å². The smallest absolute Gasteiger partial charge is 0.119 e. The van der Waals surface area contributed by atoms with Crippen LogP contribution in [-0.4, -0.2) is 44.4 Å². The second-order valence-corrected chi connectivity index (χ2v) is 4.88. The fraction of sp³-hybridized carbons (Fsp3) is 0.600. The quantitative estimate of drug-likeness (QED) is 0.761. The molecule has 2 rings (SSSR count). The van der Waals surface area contributed by atoms with Gasteiger partial charge in [0.15, 0.2) is 0 Å². The number of morpholine rings is 1. The van der Waals surface area contributed by atoms with Gasteiger partial charge in [-0.25, -0.2) is 0 Å². The number of nitrogens with zero attached hydrogens (tertiary/aromatic N) is 1. The minimum atomic E-state index is 0.737. The Balaban J connectivity index is 1.80. The summed E-state index contributed by atoms with van der Waals surface area (Å²) in [5.74, 6) is 0.961. The van der Waals surface area contributed by atoms with Crippen molar-refractivity contribution in [1.29, 1.82) is 0 Å². The van der Waals surface area contributed by atoms with Crippen molar-refractivity contribution in [2.45, 2.75) is 19.4 Å². The number of hydrogen-bond acceptors (Lipinski definition) is 4. The van der Waals surface area contributed by atoms with Gasteiger partial charge in [-0.05, 0) is 37.1 Å². The van der Waals surface area contributed by atoms with Gasteiger partial charge in [-0.2, -0.15) is 0 Å². The lowest BCUT2D eigenvalue weighted by Gasteiger charge is -2.26. The summed E-state index contributed by atoms with van der Waals surface area (Å²) < 4.78 is 11.1. The van der Waals surface area contributed by atoms with Crippen LogP contribution >= 0.6 is 0 Å². The summed E-state index contributed by atoms with van der Waals surface area (Å²) in [5.41, 5.74) is 6.77. The van der Waals surface area contributed by atoms with Crippen LogP contribution in [0.3, 0.4) is 0 Å². The first kappa shape index (κ1) is 14.3. The zero-order chi connectivity index (χ0) is 13.3. The molecule has 1 aliphatic heterocycles. The molecule has 1 aromatic carbocycles. The molecule has 0 radical (unpaired) electrons. The van der Waals surface area contributed by atoms with Gasteiger partial charge >= 0.3 is 0 Å². The van der Waals surface area contributed by atoms with Gasteiger partial charge in [-0.3, -0.25) is 4.90 Å². The third kappa shape index (κ3) is 5.19. The predicted octanol–water partition coefficient (Wildman–Crippen LogP) is 1.64. The van der Waals surface area contributed by atoms with Crippen molar-refractivity contribution in [3.05, 3.63) is 29.8 Å². The van der Waals surface area contributed by atoms with E-state index in [0.717, 1.165) is 64.6 Å². The molecule has 2 N–H and O–H groups in total. The van der Waals surface area contributed by atoms with Crippen LogP contribution in [0.5, 0.6) is 5.75 Å². The Morgan fingerprint density at radius 3 is 2.84 bits per heavy atom. The van der Waals surface area contributed by atoms with Crippen molar-refractivity contribution < 1.29 is 9.47 Å². The molecule has 0 aromatic heterocycles. The van der Waals surface area contributed by atoms with Crippen LogP contribution in [-0.2, 0) is 11.3 Å². The van der Waals surface area contributed by atoms with Crippen molar-refractivity contribution in [2.75, 3.05) is 39.5 Å². The van der Waals surface area contributed by atoms with Crippen molar-refractivity contribution >= 4 is 0 Å². The van der Waals surface area contributed by atoms with Crippen LogP contribution in [0.25, 0.3) is 0 Å². The highest BCUT2D eigenvalue weighted by atomic mass is 16.5. The first-order valence-corrected chi connectivity index (χ1v) is 7.10. The van der Waals surface area contributed by atoms with Gasteiger partial charge in [0.05, 0.1) is 19.8 Å². The molecule has 1 heterocycles. The van der Waals surface area contributed by atoms with Gasteiger partial charge in [0.25, 0.3) is 0 Å². The molecule has 0 aliphatic carbocycles. The van der Waals surface area contributed by atoms with Crippen LogP contribution in [0.4, 0.5) is 0 Å². The highest BCUT2D eigenvalue weighted by molar-refractivity contribution is 5.28. The van der Waals surface area contributed by atoms with Gasteiger partial charge in [0, 0.05) is 19.6 Å². The molecule has 4 nitrogen and oxygen atoms in total. The molecule has 1 saturated heterocycles. The average Bonchev–Trinajstić information content (AvgIpc) is 2.45. The lowest BCUT2D eigenvalue weighted by atomic mass is 10.2. The highest BCUT2D eigenvalue weighted by Gasteiger charge is 2.10. The number of nitrogens with two attached hydrogens (primary N) is 1. The SMILES string of the molecule is NCCCCOc1cccc(CN2CCOCC2)c1. The Morgan fingerprint density at radius 2 is 2.05 bits per heavy atom. The molecule has 1 aliphatic rings. The maximum Gasteiger partial charge on any atom is 0.119 e. The van der Waals surface area contributed by atoms with Crippen LogP contribution in [0.2, 0.25) is 0 Å². The lowest BCUT2D eigenvalue weighted by Crippen LogP contribution is -2.35. The molecule has 106 valence electrons. The molecule has 0 unspecified atom stereocenters. The molecule has 1 aromatic rings. The van der Waals surface area contributed by atoms with Crippen LogP contribution in [0.1, 0.15) is 18.4 Å². The second-order valence-electron chi connectivity index (χ2n) is 4.88. The van der Waals surface area contributed by atoms with Gasteiger partial charge in [0.1, 0.15) is 5.75 Å². The molecular weight excluding hydrogens is 240 g/mol. The summed E-state index contributed by atoms with van der Waals surface area (Å²) in [6.07, 6.45) is 2.04. The number of unbranched alkanes of at least 4 members (excludes halogenated alkanes) is 1. The number of hydrogen-bond donors (Lipinski definition) is 1. The van der Waals surface area contributed by atoms with Crippen molar-refractivity contribution in [1.82, 2.24) is 4.90 Å². The summed E-state index contributed by atoms with van der Waals surface area (Å²) >= 11 is 0. The molecule has 0 bridgehead atoms. The van der Waals surface area contributed by atoms with Crippen molar-refractivity contribution in [3.63, 3.8) is 0 Å².